The summed E-state index contributed by atoms with van der Waals surface area (Å²) in [5.41, 5.74) is 0.526. The van der Waals surface area contributed by atoms with Gasteiger partial charge in [-0.2, -0.15) is 0 Å². The average molecular weight is 266 g/mol. The lowest BCUT2D eigenvalue weighted by atomic mass is 9.45. The Labute approximate surface area is 118 Å². The molecule has 19 heavy (non-hydrogen) atoms. The van der Waals surface area contributed by atoms with E-state index < -0.39 is 0 Å². The third kappa shape index (κ3) is 3.31. The van der Waals surface area contributed by atoms with Crippen molar-refractivity contribution in [3.8, 4) is 0 Å². The van der Waals surface area contributed by atoms with E-state index in [2.05, 4.69) is 38.2 Å². The number of rotatable bonds is 6. The molecule has 3 rings (SSSR count). The summed E-state index contributed by atoms with van der Waals surface area (Å²) in [7, 11) is 4.10. The summed E-state index contributed by atoms with van der Waals surface area (Å²) in [6, 6.07) is 0. The molecule has 0 aliphatic heterocycles. The molecule has 0 heterocycles. The van der Waals surface area contributed by atoms with Crippen LogP contribution >= 0.6 is 0 Å². The van der Waals surface area contributed by atoms with Gasteiger partial charge in [-0.25, -0.2) is 0 Å². The van der Waals surface area contributed by atoms with Gasteiger partial charge in [0.25, 0.3) is 0 Å². The number of nitrogens with zero attached hydrogens (tertiary/aromatic N) is 1. The zero-order valence-electron chi connectivity index (χ0n) is 13.0. The Balaban J connectivity index is 1.67. The van der Waals surface area contributed by atoms with Gasteiger partial charge in [0.15, 0.2) is 0 Å². The minimum atomic E-state index is 0.237. The molecule has 3 aliphatic rings. The standard InChI is InChI=1S/C16H30N2O/c1-16(2)13-8-7-12(14(16)10-13)11-17-15(19)6-5-9-18(3)4/h12-14H,5-11H2,1-4H3,(H,17,19)/t12-,13-,14-/m0/s1. The van der Waals surface area contributed by atoms with Crippen LogP contribution in [0.4, 0.5) is 0 Å². The predicted molar refractivity (Wildman–Crippen MR) is 78.9 cm³/mol. The average Bonchev–Trinajstić information content (AvgIpc) is 2.36. The quantitative estimate of drug-likeness (QED) is 0.801. The number of carbonyl (C=O) groups excluding carboxylic acids is 1. The molecule has 3 heteroatoms. The van der Waals surface area contributed by atoms with Crippen molar-refractivity contribution in [3.05, 3.63) is 0 Å². The number of hydrogen-bond acceptors (Lipinski definition) is 2. The summed E-state index contributed by atoms with van der Waals surface area (Å²) in [5, 5.41) is 3.16. The molecule has 0 unspecified atom stereocenters. The van der Waals surface area contributed by atoms with E-state index in [9.17, 15) is 4.79 Å². The Morgan fingerprint density at radius 1 is 1.32 bits per heavy atom. The van der Waals surface area contributed by atoms with Gasteiger partial charge in [0.2, 0.25) is 5.91 Å². The van der Waals surface area contributed by atoms with E-state index >= 15 is 0 Å². The number of amides is 1. The van der Waals surface area contributed by atoms with Gasteiger partial charge in [0, 0.05) is 13.0 Å². The van der Waals surface area contributed by atoms with Crippen LogP contribution < -0.4 is 5.32 Å². The highest BCUT2D eigenvalue weighted by Gasteiger charge is 2.53. The molecule has 110 valence electrons. The van der Waals surface area contributed by atoms with Crippen LogP contribution in [0.5, 0.6) is 0 Å². The lowest BCUT2D eigenvalue weighted by Gasteiger charge is -2.60. The van der Waals surface area contributed by atoms with Crippen molar-refractivity contribution in [3.63, 3.8) is 0 Å². The maximum atomic E-state index is 11.8. The second kappa shape index (κ2) is 5.82. The second-order valence-corrected chi connectivity index (χ2v) is 7.41. The monoisotopic (exact) mass is 266 g/mol. The fourth-order valence-corrected chi connectivity index (χ4v) is 4.10. The number of nitrogens with one attached hydrogen (secondary N) is 1. The van der Waals surface area contributed by atoms with E-state index in [0.717, 1.165) is 37.3 Å². The molecule has 3 fully saturated rings. The van der Waals surface area contributed by atoms with Crippen molar-refractivity contribution in [1.29, 1.82) is 0 Å². The van der Waals surface area contributed by atoms with Gasteiger partial charge < -0.3 is 10.2 Å². The van der Waals surface area contributed by atoms with E-state index in [-0.39, 0.29) is 5.91 Å². The van der Waals surface area contributed by atoms with Gasteiger partial charge in [-0.15, -0.1) is 0 Å². The van der Waals surface area contributed by atoms with E-state index in [1.165, 1.54) is 19.3 Å². The van der Waals surface area contributed by atoms with Crippen LogP contribution in [0.3, 0.4) is 0 Å². The van der Waals surface area contributed by atoms with Gasteiger partial charge >= 0.3 is 0 Å². The molecule has 1 N–H and O–H groups in total. The molecule has 3 saturated carbocycles. The van der Waals surface area contributed by atoms with Gasteiger partial charge in [0.05, 0.1) is 0 Å². The Bertz CT molecular complexity index is 323. The molecule has 1 amide bonds. The van der Waals surface area contributed by atoms with E-state index in [4.69, 9.17) is 0 Å². The van der Waals surface area contributed by atoms with Crippen molar-refractivity contribution in [1.82, 2.24) is 10.2 Å². The first-order chi connectivity index (χ1) is 8.91. The lowest BCUT2D eigenvalue weighted by Crippen LogP contribution is -2.54. The van der Waals surface area contributed by atoms with Crippen LogP contribution in [-0.2, 0) is 4.79 Å². The first-order valence-electron chi connectivity index (χ1n) is 7.82. The summed E-state index contributed by atoms with van der Waals surface area (Å²) in [6.07, 6.45) is 5.71. The van der Waals surface area contributed by atoms with Crippen LogP contribution in [0.1, 0.15) is 46.0 Å². The highest BCUT2D eigenvalue weighted by Crippen LogP contribution is 2.61. The van der Waals surface area contributed by atoms with Gasteiger partial charge in [-0.05, 0) is 69.5 Å². The highest BCUT2D eigenvalue weighted by atomic mass is 16.1. The van der Waals surface area contributed by atoms with Crippen molar-refractivity contribution in [2.75, 3.05) is 27.2 Å². The highest BCUT2D eigenvalue weighted by molar-refractivity contribution is 5.75. The Morgan fingerprint density at radius 3 is 2.63 bits per heavy atom. The third-order valence-electron chi connectivity index (χ3n) is 5.57. The Hall–Kier alpha value is -0.570. The van der Waals surface area contributed by atoms with Gasteiger partial charge in [0.1, 0.15) is 0 Å². The van der Waals surface area contributed by atoms with Crippen molar-refractivity contribution in [2.45, 2.75) is 46.0 Å². The molecule has 2 bridgehead atoms. The zero-order chi connectivity index (χ0) is 14.0. The number of fused-ring (bicyclic) bond motifs is 2. The second-order valence-electron chi connectivity index (χ2n) is 7.41. The topological polar surface area (TPSA) is 32.3 Å². The molecule has 0 saturated heterocycles. The SMILES string of the molecule is CN(C)CCCC(=O)NC[C@@H]1CC[C@H]2C[C@@H]1C2(C)C. The minimum Gasteiger partial charge on any atom is -0.356 e. The molecular weight excluding hydrogens is 236 g/mol. The zero-order valence-corrected chi connectivity index (χ0v) is 13.0. The molecule has 3 atom stereocenters. The van der Waals surface area contributed by atoms with E-state index in [1.54, 1.807) is 0 Å². The Morgan fingerprint density at radius 2 is 2.05 bits per heavy atom. The first kappa shape index (κ1) is 14.8. The fourth-order valence-electron chi connectivity index (χ4n) is 4.10. The summed E-state index contributed by atoms with van der Waals surface area (Å²) in [6.45, 7) is 6.73. The maximum Gasteiger partial charge on any atom is 0.220 e. The summed E-state index contributed by atoms with van der Waals surface area (Å²) < 4.78 is 0. The molecule has 0 radical (unpaired) electrons. The normalized spacial score (nSPS) is 31.9. The number of carbonyl (C=O) groups is 1. The van der Waals surface area contributed by atoms with Crippen molar-refractivity contribution >= 4 is 5.91 Å². The van der Waals surface area contributed by atoms with Crippen LogP contribution in [0.2, 0.25) is 0 Å². The van der Waals surface area contributed by atoms with Gasteiger partial charge in [-0.3, -0.25) is 4.79 Å². The summed E-state index contributed by atoms with van der Waals surface area (Å²) in [4.78, 5) is 13.9. The summed E-state index contributed by atoms with van der Waals surface area (Å²) >= 11 is 0. The van der Waals surface area contributed by atoms with Crippen molar-refractivity contribution < 1.29 is 4.79 Å². The van der Waals surface area contributed by atoms with Crippen molar-refractivity contribution in [2.24, 2.45) is 23.2 Å². The van der Waals surface area contributed by atoms with E-state index in [1.807, 2.05) is 0 Å². The molecule has 0 aromatic heterocycles. The number of hydrogen-bond donors (Lipinski definition) is 1. The van der Waals surface area contributed by atoms with Crippen LogP contribution in [0.25, 0.3) is 0 Å². The third-order valence-corrected chi connectivity index (χ3v) is 5.57. The molecular formula is C16H30N2O. The largest absolute Gasteiger partial charge is 0.356 e. The first-order valence-corrected chi connectivity index (χ1v) is 7.82. The van der Waals surface area contributed by atoms with Crippen LogP contribution in [0.15, 0.2) is 0 Å². The molecule has 0 spiro atoms. The van der Waals surface area contributed by atoms with E-state index in [0.29, 0.717) is 11.8 Å². The summed E-state index contributed by atoms with van der Waals surface area (Å²) in [5.74, 6) is 2.75. The minimum absolute atomic E-state index is 0.237. The molecule has 3 nitrogen and oxygen atoms in total. The lowest BCUT2D eigenvalue weighted by molar-refractivity contribution is -0.125. The fraction of sp³-hybridized carbons (Fsp3) is 0.938. The maximum absolute atomic E-state index is 11.8. The molecule has 0 aromatic carbocycles. The predicted octanol–water partition coefficient (Wildman–Crippen LogP) is 2.52. The van der Waals surface area contributed by atoms with Crippen LogP contribution in [0, 0.1) is 23.2 Å². The molecule has 0 aromatic rings. The van der Waals surface area contributed by atoms with Gasteiger partial charge in [-0.1, -0.05) is 13.8 Å². The van der Waals surface area contributed by atoms with Crippen LogP contribution in [-0.4, -0.2) is 38.0 Å². The molecule has 3 aliphatic carbocycles. The Kier molecular flexibility index (Phi) is 4.54. The smallest absolute Gasteiger partial charge is 0.220 e.